The molecule has 0 unspecified atom stereocenters. The largest absolute Gasteiger partial charge is 0.357 e. The van der Waals surface area contributed by atoms with Crippen molar-refractivity contribution in [1.82, 2.24) is 24.7 Å². The molecule has 1 N–H and O–H groups in total. The van der Waals surface area contributed by atoms with Crippen LogP contribution in [-0.2, 0) is 0 Å². The minimum absolute atomic E-state index is 0.520. The second kappa shape index (κ2) is 3.41. The Labute approximate surface area is 81.0 Å². The van der Waals surface area contributed by atoms with E-state index >= 15 is 0 Å². The molecule has 2 aromatic heterocycles. The molecule has 2 heterocycles. The Morgan fingerprint density at radius 2 is 2.14 bits per heavy atom. The lowest BCUT2D eigenvalue weighted by Crippen LogP contribution is -2.07. The van der Waals surface area contributed by atoms with Crippen LogP contribution in [0.5, 0.6) is 0 Å². The van der Waals surface area contributed by atoms with E-state index in [-0.39, 0.29) is 0 Å². The molecule has 6 heteroatoms. The van der Waals surface area contributed by atoms with Gasteiger partial charge in [0.1, 0.15) is 5.82 Å². The molecule has 0 aliphatic carbocycles. The molecule has 0 bridgehead atoms. The number of hydrogen-bond donors (Lipinski definition) is 1. The van der Waals surface area contributed by atoms with E-state index in [9.17, 15) is 0 Å². The standard InChI is InChI=1S/C8H10N6/c1-6-11-7(9-2)13-8(12-6)14-5-3-4-10-14/h3-5H,1-2H3,(H,9,11,12,13). The molecule has 0 fully saturated rings. The molecule has 0 aliphatic rings. The van der Waals surface area contributed by atoms with Crippen molar-refractivity contribution in [1.29, 1.82) is 0 Å². The third-order valence-corrected chi connectivity index (χ3v) is 1.67. The van der Waals surface area contributed by atoms with Crippen molar-refractivity contribution in [3.63, 3.8) is 0 Å². The summed E-state index contributed by atoms with van der Waals surface area (Å²) in [6, 6.07) is 1.82. The van der Waals surface area contributed by atoms with Crippen LogP contribution in [0, 0.1) is 6.92 Å². The number of aryl methyl sites for hydroxylation is 1. The fourth-order valence-corrected chi connectivity index (χ4v) is 1.07. The second-order valence-electron chi connectivity index (χ2n) is 2.71. The van der Waals surface area contributed by atoms with Crippen LogP contribution in [0.3, 0.4) is 0 Å². The van der Waals surface area contributed by atoms with Gasteiger partial charge in [-0.1, -0.05) is 0 Å². The summed E-state index contributed by atoms with van der Waals surface area (Å²) in [6.07, 6.45) is 3.46. The molecule has 0 aliphatic heterocycles. The first-order valence-electron chi connectivity index (χ1n) is 4.20. The monoisotopic (exact) mass is 190 g/mol. The fourth-order valence-electron chi connectivity index (χ4n) is 1.07. The van der Waals surface area contributed by atoms with E-state index in [0.29, 0.717) is 17.7 Å². The summed E-state index contributed by atoms with van der Waals surface area (Å²) >= 11 is 0. The van der Waals surface area contributed by atoms with Gasteiger partial charge in [0.15, 0.2) is 0 Å². The van der Waals surface area contributed by atoms with Gasteiger partial charge in [0.2, 0.25) is 5.95 Å². The molecule has 6 nitrogen and oxygen atoms in total. The molecule has 0 amide bonds. The first kappa shape index (κ1) is 8.61. The number of nitrogens with one attached hydrogen (secondary N) is 1. The number of rotatable bonds is 2. The summed E-state index contributed by atoms with van der Waals surface area (Å²) in [5.74, 6) is 1.73. The van der Waals surface area contributed by atoms with Crippen LogP contribution < -0.4 is 5.32 Å². The summed E-state index contributed by atoms with van der Waals surface area (Å²) in [4.78, 5) is 12.4. The Morgan fingerprint density at radius 3 is 2.79 bits per heavy atom. The molecule has 72 valence electrons. The van der Waals surface area contributed by atoms with Crippen molar-refractivity contribution in [2.45, 2.75) is 6.92 Å². The lowest BCUT2D eigenvalue weighted by Gasteiger charge is -2.03. The van der Waals surface area contributed by atoms with Crippen molar-refractivity contribution in [2.75, 3.05) is 12.4 Å². The highest BCUT2D eigenvalue weighted by atomic mass is 15.4. The molecule has 0 saturated heterocycles. The third-order valence-electron chi connectivity index (χ3n) is 1.67. The first-order chi connectivity index (χ1) is 6.79. The van der Waals surface area contributed by atoms with Gasteiger partial charge in [0.05, 0.1) is 0 Å². The smallest absolute Gasteiger partial charge is 0.255 e. The van der Waals surface area contributed by atoms with Gasteiger partial charge in [-0.2, -0.15) is 20.1 Å². The summed E-state index contributed by atoms with van der Waals surface area (Å²) < 4.78 is 1.59. The van der Waals surface area contributed by atoms with E-state index in [0.717, 1.165) is 0 Å². The predicted octanol–water partition coefficient (Wildman–Crippen LogP) is 0.407. The molecule has 0 aromatic carbocycles. The lowest BCUT2D eigenvalue weighted by atomic mass is 10.7. The topological polar surface area (TPSA) is 68.5 Å². The zero-order valence-corrected chi connectivity index (χ0v) is 7.97. The van der Waals surface area contributed by atoms with Gasteiger partial charge in [0, 0.05) is 19.4 Å². The van der Waals surface area contributed by atoms with E-state index in [2.05, 4.69) is 25.4 Å². The quantitative estimate of drug-likeness (QED) is 0.742. The van der Waals surface area contributed by atoms with E-state index < -0.39 is 0 Å². The Kier molecular flexibility index (Phi) is 2.10. The van der Waals surface area contributed by atoms with Crippen LogP contribution in [0.4, 0.5) is 5.95 Å². The zero-order chi connectivity index (χ0) is 9.97. The van der Waals surface area contributed by atoms with Crippen molar-refractivity contribution < 1.29 is 0 Å². The van der Waals surface area contributed by atoms with E-state index in [1.165, 1.54) is 0 Å². The number of nitrogens with zero attached hydrogens (tertiary/aromatic N) is 5. The highest BCUT2D eigenvalue weighted by Gasteiger charge is 2.03. The van der Waals surface area contributed by atoms with Crippen molar-refractivity contribution >= 4 is 5.95 Å². The van der Waals surface area contributed by atoms with Gasteiger partial charge in [-0.25, -0.2) is 4.68 Å². The third kappa shape index (κ3) is 1.54. The Balaban J connectivity index is 2.48. The van der Waals surface area contributed by atoms with E-state index in [1.807, 2.05) is 13.0 Å². The predicted molar refractivity (Wildman–Crippen MR) is 51.2 cm³/mol. The molecular weight excluding hydrogens is 180 g/mol. The van der Waals surface area contributed by atoms with Crippen LogP contribution >= 0.6 is 0 Å². The van der Waals surface area contributed by atoms with Gasteiger partial charge >= 0.3 is 0 Å². The Morgan fingerprint density at radius 1 is 1.29 bits per heavy atom. The molecule has 0 spiro atoms. The average molecular weight is 190 g/mol. The van der Waals surface area contributed by atoms with Gasteiger partial charge in [-0.3, -0.25) is 0 Å². The van der Waals surface area contributed by atoms with Crippen molar-refractivity contribution in [3.05, 3.63) is 24.3 Å². The van der Waals surface area contributed by atoms with Crippen LogP contribution in [-0.4, -0.2) is 31.8 Å². The molecular formula is C8H10N6. The molecule has 14 heavy (non-hydrogen) atoms. The number of aromatic nitrogens is 5. The highest BCUT2D eigenvalue weighted by Crippen LogP contribution is 2.03. The molecule has 0 atom stereocenters. The van der Waals surface area contributed by atoms with Crippen LogP contribution in [0.25, 0.3) is 5.95 Å². The molecule has 2 rings (SSSR count). The number of hydrogen-bond acceptors (Lipinski definition) is 5. The second-order valence-corrected chi connectivity index (χ2v) is 2.71. The minimum Gasteiger partial charge on any atom is -0.357 e. The fraction of sp³-hybridized carbons (Fsp3) is 0.250. The van der Waals surface area contributed by atoms with Crippen LogP contribution in [0.2, 0.25) is 0 Å². The highest BCUT2D eigenvalue weighted by molar-refractivity contribution is 5.26. The molecule has 2 aromatic rings. The van der Waals surface area contributed by atoms with Crippen LogP contribution in [0.15, 0.2) is 18.5 Å². The summed E-state index contributed by atoms with van der Waals surface area (Å²) in [6.45, 7) is 1.82. The van der Waals surface area contributed by atoms with Crippen molar-refractivity contribution in [3.8, 4) is 5.95 Å². The van der Waals surface area contributed by atoms with Gasteiger partial charge in [-0.05, 0) is 13.0 Å². The maximum atomic E-state index is 4.16. The normalized spacial score (nSPS) is 10.1. The van der Waals surface area contributed by atoms with E-state index in [4.69, 9.17) is 0 Å². The minimum atomic E-state index is 0.520. The first-order valence-corrected chi connectivity index (χ1v) is 4.20. The van der Waals surface area contributed by atoms with E-state index in [1.54, 1.807) is 24.1 Å². The summed E-state index contributed by atoms with van der Waals surface area (Å²) in [7, 11) is 1.77. The molecule has 0 radical (unpaired) electrons. The Hall–Kier alpha value is -1.98. The lowest BCUT2D eigenvalue weighted by molar-refractivity contribution is 0.785. The Bertz CT molecular complexity index is 421. The molecule has 0 saturated carbocycles. The average Bonchev–Trinajstić information content (AvgIpc) is 2.69. The van der Waals surface area contributed by atoms with Gasteiger partial charge in [-0.15, -0.1) is 0 Å². The van der Waals surface area contributed by atoms with Gasteiger partial charge in [0.25, 0.3) is 5.95 Å². The van der Waals surface area contributed by atoms with Gasteiger partial charge < -0.3 is 5.32 Å². The summed E-state index contributed by atoms with van der Waals surface area (Å²) in [5, 5.41) is 6.91. The summed E-state index contributed by atoms with van der Waals surface area (Å²) in [5.41, 5.74) is 0. The van der Waals surface area contributed by atoms with Crippen LogP contribution in [0.1, 0.15) is 5.82 Å². The zero-order valence-electron chi connectivity index (χ0n) is 7.97. The SMILES string of the molecule is CNc1nc(C)nc(-n2cccn2)n1. The number of anilines is 1. The maximum Gasteiger partial charge on any atom is 0.255 e. The maximum absolute atomic E-state index is 4.16. The van der Waals surface area contributed by atoms with Crippen molar-refractivity contribution in [2.24, 2.45) is 0 Å².